The van der Waals surface area contributed by atoms with E-state index in [0.717, 1.165) is 0 Å². The second kappa shape index (κ2) is 6.10. The van der Waals surface area contributed by atoms with Crippen molar-refractivity contribution in [3.05, 3.63) is 23.8 Å². The zero-order valence-electron chi connectivity index (χ0n) is 9.97. The van der Waals surface area contributed by atoms with Gasteiger partial charge < -0.3 is 20.3 Å². The van der Waals surface area contributed by atoms with E-state index >= 15 is 0 Å². The van der Waals surface area contributed by atoms with E-state index in [-0.39, 0.29) is 18.1 Å². The van der Waals surface area contributed by atoms with Crippen LogP contribution in [0.2, 0.25) is 0 Å². The van der Waals surface area contributed by atoms with Crippen LogP contribution in [-0.2, 0) is 9.53 Å². The van der Waals surface area contributed by atoms with E-state index in [1.807, 2.05) is 0 Å². The first-order valence-electron chi connectivity index (χ1n) is 5.36. The number of rotatable bonds is 5. The molecule has 1 aromatic rings. The second-order valence-corrected chi connectivity index (χ2v) is 3.55. The average molecular weight is 239 g/mol. The van der Waals surface area contributed by atoms with Gasteiger partial charge in [-0.15, -0.1) is 0 Å². The van der Waals surface area contributed by atoms with Gasteiger partial charge in [0, 0.05) is 6.04 Å². The number of methoxy groups -OCH3 is 1. The van der Waals surface area contributed by atoms with Crippen molar-refractivity contribution in [3.8, 4) is 11.5 Å². The number of phenols is 1. The van der Waals surface area contributed by atoms with E-state index in [2.05, 4.69) is 0 Å². The lowest BCUT2D eigenvalue weighted by molar-refractivity contribution is -0.143. The van der Waals surface area contributed by atoms with Gasteiger partial charge in [0.25, 0.3) is 0 Å². The molecular weight excluding hydrogens is 222 g/mol. The first kappa shape index (κ1) is 13.3. The van der Waals surface area contributed by atoms with Gasteiger partial charge in [0.1, 0.15) is 0 Å². The van der Waals surface area contributed by atoms with Crippen molar-refractivity contribution in [1.82, 2.24) is 0 Å². The van der Waals surface area contributed by atoms with Crippen molar-refractivity contribution in [2.24, 2.45) is 5.73 Å². The maximum Gasteiger partial charge on any atom is 0.307 e. The number of nitrogens with two attached hydrogens (primary N) is 1. The third-order valence-electron chi connectivity index (χ3n) is 2.32. The Morgan fingerprint density at radius 2 is 2.24 bits per heavy atom. The predicted octanol–water partition coefficient (Wildman–Crippen LogP) is 1.35. The van der Waals surface area contributed by atoms with E-state index in [9.17, 15) is 9.90 Å². The molecule has 0 spiro atoms. The number of carbonyl (C=O) groups is 1. The van der Waals surface area contributed by atoms with E-state index < -0.39 is 6.04 Å². The Balaban J connectivity index is 2.75. The summed E-state index contributed by atoms with van der Waals surface area (Å²) in [5, 5.41) is 9.43. The highest BCUT2D eigenvalue weighted by molar-refractivity contribution is 5.70. The molecule has 0 radical (unpaired) electrons. The fraction of sp³-hybridized carbons (Fsp3) is 0.417. The van der Waals surface area contributed by atoms with Crippen LogP contribution >= 0.6 is 0 Å². The highest BCUT2D eigenvalue weighted by Crippen LogP contribution is 2.29. The lowest BCUT2D eigenvalue weighted by Gasteiger charge is -2.13. The smallest absolute Gasteiger partial charge is 0.307 e. The molecule has 3 N–H and O–H groups in total. The maximum absolute atomic E-state index is 11.3. The monoisotopic (exact) mass is 239 g/mol. The number of esters is 1. The Morgan fingerprint density at radius 1 is 1.53 bits per heavy atom. The fourth-order valence-electron chi connectivity index (χ4n) is 1.44. The quantitative estimate of drug-likeness (QED) is 0.758. The molecule has 0 amide bonds. The molecular formula is C12H17NO4. The summed E-state index contributed by atoms with van der Waals surface area (Å²) in [6.45, 7) is 2.08. The van der Waals surface area contributed by atoms with Gasteiger partial charge in [0.2, 0.25) is 0 Å². The van der Waals surface area contributed by atoms with Gasteiger partial charge in [0.05, 0.1) is 20.1 Å². The van der Waals surface area contributed by atoms with E-state index in [4.69, 9.17) is 15.2 Å². The lowest BCUT2D eigenvalue weighted by Crippen LogP contribution is -2.17. The van der Waals surface area contributed by atoms with Gasteiger partial charge in [0.15, 0.2) is 11.5 Å². The standard InChI is InChI=1S/C12H17NO4/c1-3-17-12(15)7-9(13)8-4-5-10(14)11(6-8)16-2/h4-6,9,14H,3,7,13H2,1-2H3/t9-/m0/s1. The molecule has 0 saturated heterocycles. The van der Waals surface area contributed by atoms with Crippen LogP contribution in [0.15, 0.2) is 18.2 Å². The lowest BCUT2D eigenvalue weighted by atomic mass is 10.0. The van der Waals surface area contributed by atoms with Gasteiger partial charge in [-0.05, 0) is 24.6 Å². The van der Waals surface area contributed by atoms with Gasteiger partial charge in [-0.25, -0.2) is 0 Å². The summed E-state index contributed by atoms with van der Waals surface area (Å²) in [5.41, 5.74) is 6.58. The van der Waals surface area contributed by atoms with Gasteiger partial charge in [-0.2, -0.15) is 0 Å². The minimum Gasteiger partial charge on any atom is -0.504 e. The number of hydrogen-bond acceptors (Lipinski definition) is 5. The highest BCUT2D eigenvalue weighted by Gasteiger charge is 2.14. The Bertz CT molecular complexity index is 392. The minimum absolute atomic E-state index is 0.0413. The molecule has 1 rings (SSSR count). The third kappa shape index (κ3) is 3.64. The number of aromatic hydroxyl groups is 1. The first-order valence-corrected chi connectivity index (χ1v) is 5.36. The summed E-state index contributed by atoms with van der Waals surface area (Å²) in [4.78, 5) is 11.3. The Hall–Kier alpha value is -1.75. The average Bonchev–Trinajstić information content (AvgIpc) is 2.29. The summed E-state index contributed by atoms with van der Waals surface area (Å²) in [6.07, 6.45) is 0.0990. The zero-order chi connectivity index (χ0) is 12.8. The van der Waals surface area contributed by atoms with Crippen molar-refractivity contribution < 1.29 is 19.4 Å². The summed E-state index contributed by atoms with van der Waals surface area (Å²) < 4.78 is 9.78. The summed E-state index contributed by atoms with van der Waals surface area (Å²) in [7, 11) is 1.45. The van der Waals surface area contributed by atoms with Crippen LogP contribution < -0.4 is 10.5 Å². The van der Waals surface area contributed by atoms with Crippen molar-refractivity contribution in [2.75, 3.05) is 13.7 Å². The third-order valence-corrected chi connectivity index (χ3v) is 2.32. The van der Waals surface area contributed by atoms with Crippen molar-refractivity contribution >= 4 is 5.97 Å². The van der Waals surface area contributed by atoms with Crippen LogP contribution in [0.1, 0.15) is 24.9 Å². The molecule has 0 aromatic heterocycles. The first-order chi connectivity index (χ1) is 8.08. The normalized spacial score (nSPS) is 11.9. The van der Waals surface area contributed by atoms with Gasteiger partial charge in [-0.3, -0.25) is 4.79 Å². The minimum atomic E-state index is -0.469. The molecule has 0 unspecified atom stereocenters. The van der Waals surface area contributed by atoms with Crippen LogP contribution in [0.25, 0.3) is 0 Å². The summed E-state index contributed by atoms with van der Waals surface area (Å²) in [5.74, 6) is 0.0356. The SMILES string of the molecule is CCOC(=O)C[C@H](N)c1ccc(O)c(OC)c1. The molecule has 5 heteroatoms. The molecule has 0 heterocycles. The predicted molar refractivity (Wildman–Crippen MR) is 62.8 cm³/mol. The Morgan fingerprint density at radius 3 is 2.82 bits per heavy atom. The molecule has 17 heavy (non-hydrogen) atoms. The fourth-order valence-corrected chi connectivity index (χ4v) is 1.44. The molecule has 0 bridgehead atoms. The van der Waals surface area contributed by atoms with Gasteiger partial charge in [-0.1, -0.05) is 6.07 Å². The number of phenolic OH excluding ortho intramolecular Hbond substituents is 1. The topological polar surface area (TPSA) is 81.8 Å². The van der Waals surface area contributed by atoms with Crippen molar-refractivity contribution in [3.63, 3.8) is 0 Å². The molecule has 0 aliphatic carbocycles. The van der Waals surface area contributed by atoms with Crippen LogP contribution in [0.4, 0.5) is 0 Å². The summed E-state index contributed by atoms with van der Waals surface area (Å²) in [6, 6.07) is 4.28. The van der Waals surface area contributed by atoms with Crippen LogP contribution in [0, 0.1) is 0 Å². The number of hydrogen-bond donors (Lipinski definition) is 2. The molecule has 1 atom stereocenters. The maximum atomic E-state index is 11.3. The number of benzene rings is 1. The van der Waals surface area contributed by atoms with Gasteiger partial charge >= 0.3 is 5.97 Å². The van der Waals surface area contributed by atoms with Crippen LogP contribution in [0.3, 0.4) is 0 Å². The van der Waals surface area contributed by atoms with E-state index in [0.29, 0.717) is 17.9 Å². The molecule has 0 saturated carbocycles. The molecule has 0 aliphatic heterocycles. The van der Waals surface area contributed by atoms with Crippen LogP contribution in [-0.4, -0.2) is 24.8 Å². The van der Waals surface area contributed by atoms with E-state index in [1.165, 1.54) is 13.2 Å². The Kier molecular flexibility index (Phi) is 4.78. The second-order valence-electron chi connectivity index (χ2n) is 3.55. The molecule has 0 fully saturated rings. The summed E-state index contributed by atoms with van der Waals surface area (Å²) >= 11 is 0. The van der Waals surface area contributed by atoms with Crippen molar-refractivity contribution in [2.45, 2.75) is 19.4 Å². The largest absolute Gasteiger partial charge is 0.504 e. The molecule has 94 valence electrons. The number of ether oxygens (including phenoxy) is 2. The van der Waals surface area contributed by atoms with E-state index in [1.54, 1.807) is 19.1 Å². The highest BCUT2D eigenvalue weighted by atomic mass is 16.5. The molecule has 1 aromatic carbocycles. The molecule has 5 nitrogen and oxygen atoms in total. The molecule has 0 aliphatic rings. The Labute approximate surface area is 100 Å². The zero-order valence-corrected chi connectivity index (χ0v) is 9.97. The number of carbonyl (C=O) groups excluding carboxylic acids is 1. The van der Waals surface area contributed by atoms with Crippen molar-refractivity contribution in [1.29, 1.82) is 0 Å². The van der Waals surface area contributed by atoms with Crippen LogP contribution in [0.5, 0.6) is 11.5 Å².